The third-order valence-corrected chi connectivity index (χ3v) is 10.2. The Kier molecular flexibility index (Phi) is 11.7. The molecule has 0 aliphatic carbocycles. The highest BCUT2D eigenvalue weighted by Gasteiger charge is 2.28. The summed E-state index contributed by atoms with van der Waals surface area (Å²) < 4.78 is 3.92. The van der Waals surface area contributed by atoms with E-state index in [1.165, 1.54) is 0 Å². The highest BCUT2D eigenvalue weighted by Crippen LogP contribution is 2.37. The van der Waals surface area contributed by atoms with Gasteiger partial charge in [-0.1, -0.05) is 80.9 Å². The molecule has 8 aromatic rings. The maximum atomic E-state index is 6.19. The van der Waals surface area contributed by atoms with Crippen LogP contribution in [-0.2, 0) is 0 Å². The number of fused-ring (bicyclic) bond motifs is 2. The molecule has 0 atom stereocenters. The second-order valence-electron chi connectivity index (χ2n) is 14.6. The summed E-state index contributed by atoms with van der Waals surface area (Å²) in [4.78, 5) is 21.9. The number of hydrogen-bond acceptors (Lipinski definition) is 8. The summed E-state index contributed by atoms with van der Waals surface area (Å²) in [6.07, 6.45) is 11.8. The van der Waals surface area contributed by atoms with Crippen LogP contribution in [0.2, 0.25) is 0 Å². The van der Waals surface area contributed by atoms with E-state index in [-0.39, 0.29) is 23.4 Å². The average Bonchev–Trinajstić information content (AvgIpc) is 3.96. The predicted octanol–water partition coefficient (Wildman–Crippen LogP) is 10.3. The van der Waals surface area contributed by atoms with Crippen LogP contribution in [0.4, 0.5) is 11.6 Å². The first kappa shape index (κ1) is 38.8. The summed E-state index contributed by atoms with van der Waals surface area (Å²) in [5.74, 6) is 14.5. The Morgan fingerprint density at radius 1 is 0.636 bits per heavy atom. The molecular formula is C44H41ClN8S2. The molecule has 0 saturated heterocycles. The van der Waals surface area contributed by atoms with Gasteiger partial charge < -0.3 is 11.1 Å². The molecule has 0 radical (unpaired) electrons. The van der Waals surface area contributed by atoms with Gasteiger partial charge in [-0.15, -0.1) is 35.1 Å². The van der Waals surface area contributed by atoms with Crippen molar-refractivity contribution in [3.8, 4) is 44.8 Å². The number of halogens is 1. The van der Waals surface area contributed by atoms with Crippen LogP contribution in [0.15, 0.2) is 122 Å². The number of aromatic nitrogens is 6. The van der Waals surface area contributed by atoms with Crippen molar-refractivity contribution in [3.63, 3.8) is 0 Å². The lowest BCUT2D eigenvalue weighted by Crippen LogP contribution is -2.36. The molecule has 0 amide bonds. The summed E-state index contributed by atoms with van der Waals surface area (Å²) in [7, 11) is 0. The molecule has 3 N–H and O–H groups in total. The van der Waals surface area contributed by atoms with Crippen molar-refractivity contribution in [2.24, 2.45) is 5.41 Å². The zero-order valence-corrected chi connectivity index (χ0v) is 33.7. The van der Waals surface area contributed by atoms with Gasteiger partial charge in [-0.25, -0.2) is 9.97 Å². The van der Waals surface area contributed by atoms with E-state index in [1.807, 2.05) is 89.6 Å². The quantitative estimate of drug-likeness (QED) is 0.169. The van der Waals surface area contributed by atoms with Crippen molar-refractivity contribution in [1.29, 1.82) is 0 Å². The number of imidazole rings is 2. The van der Waals surface area contributed by atoms with Crippen LogP contribution < -0.4 is 11.1 Å². The molecule has 276 valence electrons. The minimum absolute atomic E-state index is 0. The van der Waals surface area contributed by atoms with Crippen LogP contribution in [0.5, 0.6) is 0 Å². The van der Waals surface area contributed by atoms with E-state index >= 15 is 0 Å². The fourth-order valence-corrected chi connectivity index (χ4v) is 8.08. The van der Waals surface area contributed by atoms with Gasteiger partial charge in [-0.05, 0) is 74.2 Å². The normalized spacial score (nSPS) is 11.1. The number of nitrogen functional groups attached to an aromatic ring is 1. The highest BCUT2D eigenvalue weighted by atomic mass is 35.5. The Hall–Kier alpha value is -5.91. The number of rotatable bonds is 5. The fraction of sp³-hybridized carbons (Fsp3) is 0.182. The van der Waals surface area contributed by atoms with E-state index in [2.05, 4.69) is 95.1 Å². The van der Waals surface area contributed by atoms with Gasteiger partial charge >= 0.3 is 0 Å². The van der Waals surface area contributed by atoms with Crippen LogP contribution in [0.3, 0.4) is 0 Å². The second kappa shape index (κ2) is 16.6. The number of nitrogens with zero attached hydrogens (tertiary/aromatic N) is 6. The summed E-state index contributed by atoms with van der Waals surface area (Å²) in [6.45, 7) is 11.3. The molecular weight excluding hydrogens is 740 g/mol. The Morgan fingerprint density at radius 3 is 1.65 bits per heavy atom. The molecule has 8 nitrogen and oxygen atoms in total. The minimum Gasteiger partial charge on any atom is -0.383 e. The fourth-order valence-electron chi connectivity index (χ4n) is 6.37. The van der Waals surface area contributed by atoms with E-state index in [1.54, 1.807) is 47.5 Å². The van der Waals surface area contributed by atoms with E-state index < -0.39 is 0 Å². The van der Waals surface area contributed by atoms with Gasteiger partial charge in [0.15, 0.2) is 11.3 Å². The van der Waals surface area contributed by atoms with E-state index in [0.29, 0.717) is 5.82 Å². The van der Waals surface area contributed by atoms with E-state index in [4.69, 9.17) is 10.7 Å². The minimum atomic E-state index is -0.0978. The van der Waals surface area contributed by atoms with Crippen LogP contribution in [0.25, 0.3) is 32.4 Å². The Labute approximate surface area is 336 Å². The van der Waals surface area contributed by atoms with Crippen LogP contribution in [0.1, 0.15) is 61.9 Å². The van der Waals surface area contributed by atoms with Gasteiger partial charge in [0.1, 0.15) is 23.0 Å². The lowest BCUT2D eigenvalue weighted by atomic mass is 9.82. The number of thiophene rings is 2. The highest BCUT2D eigenvalue weighted by molar-refractivity contribution is 7.16. The first-order valence-electron chi connectivity index (χ1n) is 17.5. The Balaban J connectivity index is 0.000000191. The first-order chi connectivity index (χ1) is 26.0. The predicted molar refractivity (Wildman–Crippen MR) is 231 cm³/mol. The molecule has 0 aliphatic rings. The SMILES string of the molecule is CC(C)(C)CC(C)(C)Nc1c(-c2ccc(C#Cc3ccccc3)s2)nc2cnccn12.Cl.Nc1c(-c2ccc(C#Cc3ccccc3)s2)nc2cnccn12. The smallest absolute Gasteiger partial charge is 0.157 e. The van der Waals surface area contributed by atoms with Crippen LogP contribution >= 0.6 is 35.1 Å². The number of benzene rings is 2. The number of anilines is 2. The average molecular weight is 781 g/mol. The van der Waals surface area contributed by atoms with Crippen molar-refractivity contribution in [3.05, 3.63) is 143 Å². The third-order valence-electron chi connectivity index (χ3n) is 8.21. The third kappa shape index (κ3) is 9.61. The molecule has 0 spiro atoms. The molecule has 0 fully saturated rings. The lowest BCUT2D eigenvalue weighted by molar-refractivity contribution is 0.302. The molecule has 11 heteroatoms. The van der Waals surface area contributed by atoms with Crippen LogP contribution in [-0.4, -0.2) is 34.3 Å². The van der Waals surface area contributed by atoms with Gasteiger partial charge in [0.2, 0.25) is 0 Å². The summed E-state index contributed by atoms with van der Waals surface area (Å²) in [5.41, 5.74) is 11.6. The van der Waals surface area contributed by atoms with E-state index in [9.17, 15) is 0 Å². The van der Waals surface area contributed by atoms with Gasteiger partial charge in [0, 0.05) is 41.5 Å². The zero-order valence-electron chi connectivity index (χ0n) is 31.2. The van der Waals surface area contributed by atoms with Gasteiger partial charge in [0.25, 0.3) is 0 Å². The summed E-state index contributed by atoms with van der Waals surface area (Å²) >= 11 is 3.25. The van der Waals surface area contributed by atoms with E-state index in [0.717, 1.165) is 65.6 Å². The monoisotopic (exact) mass is 780 g/mol. The van der Waals surface area contributed by atoms with Crippen molar-refractivity contribution in [2.75, 3.05) is 11.1 Å². The standard InChI is InChI=1S/C26H28N4S.C18H12N4S.ClH/c1-25(2,3)18-26(4,5)29-24-23(28-22-17-27-15-16-30(22)24)21-14-13-20(31-21)12-11-19-9-7-6-8-10-19;19-18-17(21-16-12-20-10-11-22(16)18)15-9-8-14(23-15)7-6-13-4-2-1-3-5-13;/h6-10,13-17,29H,18H2,1-5H3;1-5,8-12H,19H2;1H. The summed E-state index contributed by atoms with van der Waals surface area (Å²) in [5, 5.41) is 3.78. The topological polar surface area (TPSA) is 98.4 Å². The van der Waals surface area contributed by atoms with Crippen molar-refractivity contribution in [2.45, 2.75) is 46.6 Å². The largest absolute Gasteiger partial charge is 0.383 e. The molecule has 0 bridgehead atoms. The molecule has 55 heavy (non-hydrogen) atoms. The molecule has 0 unspecified atom stereocenters. The summed E-state index contributed by atoms with van der Waals surface area (Å²) in [6, 6.07) is 28.2. The second-order valence-corrected chi connectivity index (χ2v) is 16.7. The number of nitrogens with one attached hydrogen (secondary N) is 1. The molecule has 0 saturated carbocycles. The van der Waals surface area contributed by atoms with Crippen molar-refractivity contribution >= 4 is 58.0 Å². The van der Waals surface area contributed by atoms with Gasteiger partial charge in [0.05, 0.1) is 31.9 Å². The van der Waals surface area contributed by atoms with Gasteiger partial charge in [-0.3, -0.25) is 18.8 Å². The molecule has 0 aliphatic heterocycles. The number of nitrogens with two attached hydrogens (primary N) is 1. The molecule has 8 rings (SSSR count). The van der Waals surface area contributed by atoms with Gasteiger partial charge in [-0.2, -0.15) is 0 Å². The van der Waals surface area contributed by atoms with Crippen molar-refractivity contribution in [1.82, 2.24) is 28.7 Å². The number of hydrogen-bond donors (Lipinski definition) is 2. The molecule has 6 aromatic heterocycles. The van der Waals surface area contributed by atoms with Crippen molar-refractivity contribution < 1.29 is 0 Å². The maximum absolute atomic E-state index is 6.19. The zero-order chi connectivity index (χ0) is 37.7. The van der Waals surface area contributed by atoms with Crippen LogP contribution in [0, 0.1) is 29.1 Å². The Morgan fingerprint density at radius 2 is 1.13 bits per heavy atom. The maximum Gasteiger partial charge on any atom is 0.157 e. The first-order valence-corrected chi connectivity index (χ1v) is 19.2. The molecule has 2 aromatic carbocycles. The molecule has 6 heterocycles. The lowest BCUT2D eigenvalue weighted by Gasteiger charge is -2.34. The Bertz CT molecular complexity index is 2660.